The number of nitrogens with one attached hydrogen (secondary N) is 3. The Labute approximate surface area is 177 Å². The highest BCUT2D eigenvalue weighted by Gasteiger charge is 2.35. The number of fused-ring (bicyclic) bond motifs is 1. The molecule has 1 aliphatic carbocycles. The summed E-state index contributed by atoms with van der Waals surface area (Å²) >= 11 is 0. The van der Waals surface area contributed by atoms with Gasteiger partial charge >= 0.3 is 0 Å². The normalized spacial score (nSPS) is 14.8. The van der Waals surface area contributed by atoms with Gasteiger partial charge in [-0.15, -0.1) is 0 Å². The number of hydrazine groups is 1. The zero-order valence-electron chi connectivity index (χ0n) is 18.3. The molecule has 0 spiro atoms. The second-order valence-electron chi connectivity index (χ2n) is 8.55. The molecule has 0 bridgehead atoms. The van der Waals surface area contributed by atoms with E-state index in [4.69, 9.17) is 0 Å². The van der Waals surface area contributed by atoms with Gasteiger partial charge in [-0.1, -0.05) is 13.8 Å². The van der Waals surface area contributed by atoms with Crippen LogP contribution in [-0.2, 0) is 6.42 Å². The molecule has 0 saturated carbocycles. The van der Waals surface area contributed by atoms with Crippen molar-refractivity contribution in [1.82, 2.24) is 15.8 Å². The molecular formula is C23H30N4O3. The maximum Gasteiger partial charge on any atom is 0.286 e. The summed E-state index contributed by atoms with van der Waals surface area (Å²) in [5, 5.41) is 0. The quantitative estimate of drug-likeness (QED) is 0.659. The Morgan fingerprint density at radius 1 is 1.03 bits per heavy atom. The summed E-state index contributed by atoms with van der Waals surface area (Å²) in [6.07, 6.45) is 1.16. The van der Waals surface area contributed by atoms with Gasteiger partial charge in [0.2, 0.25) is 0 Å². The van der Waals surface area contributed by atoms with Crippen molar-refractivity contribution in [2.24, 2.45) is 5.41 Å². The molecule has 0 saturated heterocycles. The fourth-order valence-electron chi connectivity index (χ4n) is 4.12. The predicted molar refractivity (Wildman–Crippen MR) is 117 cm³/mol. The van der Waals surface area contributed by atoms with E-state index in [0.717, 1.165) is 24.5 Å². The van der Waals surface area contributed by atoms with Gasteiger partial charge in [0.15, 0.2) is 5.78 Å². The zero-order valence-corrected chi connectivity index (χ0v) is 18.3. The molecule has 1 aromatic carbocycles. The molecule has 7 heteroatoms. The Hall–Kier alpha value is -3.09. The van der Waals surface area contributed by atoms with Gasteiger partial charge in [0.25, 0.3) is 11.8 Å². The number of H-pyrrole nitrogens is 1. The molecule has 30 heavy (non-hydrogen) atoms. The third-order valence-electron chi connectivity index (χ3n) is 5.68. The monoisotopic (exact) mass is 410 g/mol. The largest absolute Gasteiger partial charge is 0.372 e. The second kappa shape index (κ2) is 8.34. The standard InChI is InChI=1S/C23H30N4O3/c1-6-27(7-2)16-10-8-15(9-11-16)21(29)25-26-22(30)20-14(3)19-17(24-20)12-23(4,5)13-18(19)28/h8-11,24H,6-7,12-13H2,1-5H3,(H,25,29)(H,26,30). The fourth-order valence-corrected chi connectivity index (χ4v) is 4.12. The van der Waals surface area contributed by atoms with Crippen LogP contribution in [0.5, 0.6) is 0 Å². The number of aromatic amines is 1. The maximum absolute atomic E-state index is 12.6. The minimum atomic E-state index is -0.472. The summed E-state index contributed by atoms with van der Waals surface area (Å²) in [6.45, 7) is 11.8. The second-order valence-corrected chi connectivity index (χ2v) is 8.55. The average molecular weight is 411 g/mol. The van der Waals surface area contributed by atoms with Crippen LogP contribution in [0.1, 0.15) is 76.6 Å². The third kappa shape index (κ3) is 4.25. The molecule has 0 fully saturated rings. The number of aromatic nitrogens is 1. The number of carbonyl (C=O) groups is 3. The Morgan fingerprint density at radius 3 is 2.23 bits per heavy atom. The molecule has 1 aromatic heterocycles. The first-order valence-corrected chi connectivity index (χ1v) is 10.4. The van der Waals surface area contributed by atoms with Crippen LogP contribution in [0.3, 0.4) is 0 Å². The molecule has 0 aliphatic heterocycles. The average Bonchev–Trinajstić information content (AvgIpc) is 3.02. The molecule has 2 amide bonds. The highest BCUT2D eigenvalue weighted by atomic mass is 16.2. The molecule has 7 nitrogen and oxygen atoms in total. The van der Waals surface area contributed by atoms with Gasteiger partial charge in [-0.2, -0.15) is 0 Å². The van der Waals surface area contributed by atoms with Gasteiger partial charge in [-0.3, -0.25) is 25.2 Å². The maximum atomic E-state index is 12.6. The van der Waals surface area contributed by atoms with E-state index in [1.165, 1.54) is 0 Å². The van der Waals surface area contributed by atoms with Crippen molar-refractivity contribution < 1.29 is 14.4 Å². The summed E-state index contributed by atoms with van der Waals surface area (Å²) in [5.74, 6) is -0.826. The van der Waals surface area contributed by atoms with Crippen molar-refractivity contribution >= 4 is 23.3 Å². The zero-order chi connectivity index (χ0) is 22.1. The lowest BCUT2D eigenvalue weighted by Crippen LogP contribution is -2.42. The van der Waals surface area contributed by atoms with Crippen LogP contribution in [0.2, 0.25) is 0 Å². The number of nitrogens with zero attached hydrogens (tertiary/aromatic N) is 1. The molecule has 0 radical (unpaired) electrons. The van der Waals surface area contributed by atoms with Gasteiger partial charge in [0, 0.05) is 42.0 Å². The number of amides is 2. The van der Waals surface area contributed by atoms with Crippen LogP contribution >= 0.6 is 0 Å². The van der Waals surface area contributed by atoms with E-state index in [-0.39, 0.29) is 11.2 Å². The molecule has 160 valence electrons. The molecular weight excluding hydrogens is 380 g/mol. The van der Waals surface area contributed by atoms with Gasteiger partial charge in [-0.25, -0.2) is 0 Å². The molecule has 3 rings (SSSR count). The van der Waals surface area contributed by atoms with E-state index in [0.29, 0.717) is 35.2 Å². The van der Waals surface area contributed by atoms with Crippen LogP contribution in [0.25, 0.3) is 0 Å². The van der Waals surface area contributed by atoms with E-state index < -0.39 is 11.8 Å². The molecule has 1 aliphatic rings. The smallest absolute Gasteiger partial charge is 0.286 e. The van der Waals surface area contributed by atoms with E-state index in [1.54, 1.807) is 19.1 Å². The summed E-state index contributed by atoms with van der Waals surface area (Å²) in [6, 6.07) is 7.24. The number of Topliss-reactive ketones (excluding diaryl/α,β-unsaturated/α-hetero) is 1. The van der Waals surface area contributed by atoms with Crippen molar-refractivity contribution in [3.8, 4) is 0 Å². The number of rotatable bonds is 5. The highest BCUT2D eigenvalue weighted by molar-refractivity contribution is 6.05. The Bertz CT molecular complexity index is 969. The van der Waals surface area contributed by atoms with E-state index in [9.17, 15) is 14.4 Å². The first-order valence-electron chi connectivity index (χ1n) is 10.4. The van der Waals surface area contributed by atoms with Gasteiger partial charge < -0.3 is 9.88 Å². The minimum absolute atomic E-state index is 0.0476. The van der Waals surface area contributed by atoms with Crippen molar-refractivity contribution in [2.45, 2.75) is 47.5 Å². The molecule has 3 N–H and O–H groups in total. The topological polar surface area (TPSA) is 94.3 Å². The summed E-state index contributed by atoms with van der Waals surface area (Å²) in [4.78, 5) is 42.8. The first kappa shape index (κ1) is 21.6. The van der Waals surface area contributed by atoms with Crippen LogP contribution in [-0.4, -0.2) is 35.7 Å². The van der Waals surface area contributed by atoms with Crippen molar-refractivity contribution in [3.05, 3.63) is 52.3 Å². The van der Waals surface area contributed by atoms with Crippen molar-refractivity contribution in [3.63, 3.8) is 0 Å². The van der Waals surface area contributed by atoms with Crippen molar-refractivity contribution in [1.29, 1.82) is 0 Å². The predicted octanol–water partition coefficient (Wildman–Crippen LogP) is 3.40. The molecule has 1 heterocycles. The molecule has 2 aromatic rings. The Morgan fingerprint density at radius 2 is 1.63 bits per heavy atom. The Kier molecular flexibility index (Phi) is 6.01. The van der Waals surface area contributed by atoms with E-state index in [1.807, 2.05) is 26.0 Å². The van der Waals surface area contributed by atoms with Gasteiger partial charge in [0.1, 0.15) is 5.69 Å². The fraction of sp³-hybridized carbons (Fsp3) is 0.435. The van der Waals surface area contributed by atoms with E-state index in [2.05, 4.69) is 34.6 Å². The molecule has 0 unspecified atom stereocenters. The lowest BCUT2D eigenvalue weighted by molar-refractivity contribution is 0.0844. The van der Waals surface area contributed by atoms with Crippen LogP contribution in [0.4, 0.5) is 5.69 Å². The summed E-state index contributed by atoms with van der Waals surface area (Å²) in [5.41, 5.74) is 8.59. The number of carbonyl (C=O) groups excluding carboxylic acids is 3. The van der Waals surface area contributed by atoms with Gasteiger partial charge in [0.05, 0.1) is 0 Å². The lowest BCUT2D eigenvalue weighted by atomic mass is 9.75. The first-order chi connectivity index (χ1) is 14.2. The molecule has 0 atom stereocenters. The number of hydrogen-bond donors (Lipinski definition) is 3. The summed E-state index contributed by atoms with van der Waals surface area (Å²) in [7, 11) is 0. The van der Waals surface area contributed by atoms with Crippen LogP contribution in [0, 0.1) is 12.3 Å². The minimum Gasteiger partial charge on any atom is -0.372 e. The van der Waals surface area contributed by atoms with Crippen molar-refractivity contribution in [2.75, 3.05) is 18.0 Å². The summed E-state index contributed by atoms with van der Waals surface area (Å²) < 4.78 is 0. The van der Waals surface area contributed by atoms with Crippen LogP contribution < -0.4 is 15.8 Å². The SMILES string of the molecule is CCN(CC)c1ccc(C(=O)NNC(=O)c2[nH]c3c(c2C)C(=O)CC(C)(C)C3)cc1. The number of benzene rings is 1. The number of hydrogen-bond acceptors (Lipinski definition) is 4. The van der Waals surface area contributed by atoms with Gasteiger partial charge in [-0.05, 0) is 62.4 Å². The highest BCUT2D eigenvalue weighted by Crippen LogP contribution is 2.36. The number of ketones is 1. The van der Waals surface area contributed by atoms with E-state index >= 15 is 0 Å². The number of anilines is 1. The third-order valence-corrected chi connectivity index (χ3v) is 5.68. The lowest BCUT2D eigenvalue weighted by Gasteiger charge is -2.28. The van der Waals surface area contributed by atoms with Crippen LogP contribution in [0.15, 0.2) is 24.3 Å². The Balaban J connectivity index is 1.68.